The topological polar surface area (TPSA) is 66.5 Å². The zero-order chi connectivity index (χ0) is 18.8. The van der Waals surface area contributed by atoms with E-state index in [1.807, 2.05) is 0 Å². The molecule has 1 atom stereocenters. The Balaban J connectivity index is 2.33. The van der Waals surface area contributed by atoms with Gasteiger partial charge in [0.2, 0.25) is 15.9 Å². The molecule has 0 fully saturated rings. The van der Waals surface area contributed by atoms with Gasteiger partial charge in [0.15, 0.2) is 0 Å². The van der Waals surface area contributed by atoms with E-state index in [1.165, 1.54) is 31.2 Å². The molecule has 9 heteroatoms. The van der Waals surface area contributed by atoms with Crippen LogP contribution in [0.2, 0.25) is 15.1 Å². The number of rotatable bonds is 5. The molecule has 0 saturated heterocycles. The monoisotopic (exact) mass is 420 g/mol. The van der Waals surface area contributed by atoms with Gasteiger partial charge in [-0.25, -0.2) is 8.42 Å². The molecule has 2 rings (SSSR count). The number of hydrogen-bond donors (Lipinski definition) is 1. The summed E-state index contributed by atoms with van der Waals surface area (Å²) in [6.07, 6.45) is 1.03. The van der Waals surface area contributed by atoms with E-state index < -0.39 is 22.0 Å². The second-order valence-electron chi connectivity index (χ2n) is 5.32. The highest BCUT2D eigenvalue weighted by atomic mass is 35.5. The van der Waals surface area contributed by atoms with Crippen LogP contribution in [-0.4, -0.2) is 26.6 Å². The molecule has 1 unspecified atom stereocenters. The van der Waals surface area contributed by atoms with Crippen molar-refractivity contribution in [1.29, 1.82) is 0 Å². The molecule has 0 saturated carbocycles. The van der Waals surface area contributed by atoms with Crippen molar-refractivity contribution in [2.75, 3.05) is 15.9 Å². The minimum atomic E-state index is -3.72. The first kappa shape index (κ1) is 19.8. The summed E-state index contributed by atoms with van der Waals surface area (Å²) in [4.78, 5) is 12.6. The lowest BCUT2D eigenvalue weighted by Gasteiger charge is -2.28. The molecule has 2 aromatic carbocycles. The van der Waals surface area contributed by atoms with Crippen molar-refractivity contribution in [3.05, 3.63) is 57.5 Å². The molecule has 1 N–H and O–H groups in total. The van der Waals surface area contributed by atoms with Crippen LogP contribution in [0.15, 0.2) is 42.5 Å². The smallest absolute Gasteiger partial charge is 0.248 e. The van der Waals surface area contributed by atoms with Crippen LogP contribution >= 0.6 is 34.8 Å². The van der Waals surface area contributed by atoms with Gasteiger partial charge >= 0.3 is 0 Å². The third-order valence-corrected chi connectivity index (χ3v) is 5.41. The molecule has 5 nitrogen and oxygen atoms in total. The third kappa shape index (κ3) is 5.01. The van der Waals surface area contributed by atoms with Crippen LogP contribution in [0.4, 0.5) is 11.4 Å². The highest BCUT2D eigenvalue weighted by Gasteiger charge is 2.29. The van der Waals surface area contributed by atoms with Crippen molar-refractivity contribution in [2.45, 2.75) is 13.0 Å². The maximum Gasteiger partial charge on any atom is 0.248 e. The fraction of sp³-hybridized carbons (Fsp3) is 0.188. The number of nitrogens with zero attached hydrogens (tertiary/aromatic N) is 1. The molecule has 0 aliphatic heterocycles. The molecule has 0 radical (unpaired) electrons. The first-order valence-electron chi connectivity index (χ1n) is 7.10. The minimum Gasteiger partial charge on any atom is -0.323 e. The fourth-order valence-corrected chi connectivity index (χ4v) is 3.86. The Kier molecular flexibility index (Phi) is 6.21. The Bertz CT molecular complexity index is 886. The van der Waals surface area contributed by atoms with E-state index in [9.17, 15) is 13.2 Å². The summed E-state index contributed by atoms with van der Waals surface area (Å²) in [6, 6.07) is 9.74. The maximum absolute atomic E-state index is 12.6. The predicted octanol–water partition coefficient (Wildman–Crippen LogP) is 4.44. The number of carbonyl (C=O) groups is 1. The van der Waals surface area contributed by atoms with Crippen molar-refractivity contribution >= 4 is 62.1 Å². The van der Waals surface area contributed by atoms with Crippen LogP contribution < -0.4 is 9.62 Å². The Labute approximate surface area is 161 Å². The highest BCUT2D eigenvalue weighted by Crippen LogP contribution is 2.27. The van der Waals surface area contributed by atoms with Crippen LogP contribution in [0.5, 0.6) is 0 Å². The number of amides is 1. The number of hydrogen-bond acceptors (Lipinski definition) is 3. The van der Waals surface area contributed by atoms with E-state index in [4.69, 9.17) is 34.8 Å². The third-order valence-electron chi connectivity index (χ3n) is 3.36. The number of benzene rings is 2. The molecular weight excluding hydrogens is 407 g/mol. The molecule has 134 valence electrons. The van der Waals surface area contributed by atoms with Crippen LogP contribution in [0, 0.1) is 0 Å². The summed E-state index contributed by atoms with van der Waals surface area (Å²) >= 11 is 17.8. The standard InChI is InChI=1S/C16H15Cl3N2O3S/c1-10(16(22)20-15-9-12(18)5-8-14(15)19)21(25(2,23)24)13-6-3-11(17)4-7-13/h3-10H,1-2H3,(H,20,22). The van der Waals surface area contributed by atoms with Crippen molar-refractivity contribution < 1.29 is 13.2 Å². The second kappa shape index (κ2) is 7.83. The number of nitrogens with one attached hydrogen (secondary N) is 1. The zero-order valence-electron chi connectivity index (χ0n) is 13.3. The molecular formula is C16H15Cl3N2O3S. The summed E-state index contributed by atoms with van der Waals surface area (Å²) in [5, 5.41) is 3.74. The van der Waals surface area contributed by atoms with Crippen molar-refractivity contribution in [3.8, 4) is 0 Å². The molecule has 1 amide bonds. The lowest BCUT2D eigenvalue weighted by atomic mass is 10.2. The molecule has 0 aromatic heterocycles. The molecule has 25 heavy (non-hydrogen) atoms. The number of carbonyl (C=O) groups excluding carboxylic acids is 1. The predicted molar refractivity (Wildman–Crippen MR) is 103 cm³/mol. The Morgan fingerprint density at radius 1 is 1.04 bits per heavy atom. The number of halogens is 3. The van der Waals surface area contributed by atoms with E-state index in [-0.39, 0.29) is 0 Å². The highest BCUT2D eigenvalue weighted by molar-refractivity contribution is 7.92. The SMILES string of the molecule is CC(C(=O)Nc1cc(Cl)ccc1Cl)N(c1ccc(Cl)cc1)S(C)(=O)=O. The van der Waals surface area contributed by atoms with Gasteiger partial charge < -0.3 is 5.32 Å². The van der Waals surface area contributed by atoms with Gasteiger partial charge in [0.1, 0.15) is 6.04 Å². The molecule has 0 aliphatic carbocycles. The van der Waals surface area contributed by atoms with Gasteiger partial charge in [-0.2, -0.15) is 0 Å². The summed E-state index contributed by atoms with van der Waals surface area (Å²) < 4.78 is 25.4. The van der Waals surface area contributed by atoms with Crippen LogP contribution in [-0.2, 0) is 14.8 Å². The second-order valence-corrected chi connectivity index (χ2v) is 8.46. The fourth-order valence-electron chi connectivity index (χ4n) is 2.23. The van der Waals surface area contributed by atoms with Crippen molar-refractivity contribution in [1.82, 2.24) is 0 Å². The molecule has 0 bridgehead atoms. The molecule has 0 spiro atoms. The van der Waals surface area contributed by atoms with E-state index >= 15 is 0 Å². The molecule has 2 aromatic rings. The Morgan fingerprint density at radius 3 is 2.16 bits per heavy atom. The van der Waals surface area contributed by atoms with Crippen LogP contribution in [0.25, 0.3) is 0 Å². The van der Waals surface area contributed by atoms with Crippen LogP contribution in [0.3, 0.4) is 0 Å². The van der Waals surface area contributed by atoms with Crippen molar-refractivity contribution in [2.24, 2.45) is 0 Å². The van der Waals surface area contributed by atoms with Gasteiger partial charge in [-0.15, -0.1) is 0 Å². The number of sulfonamides is 1. The first-order valence-corrected chi connectivity index (χ1v) is 10.1. The van der Waals surface area contributed by atoms with Crippen LogP contribution in [0.1, 0.15) is 6.92 Å². The number of anilines is 2. The maximum atomic E-state index is 12.6. The Hall–Kier alpha value is -1.47. The normalized spacial score (nSPS) is 12.5. The summed E-state index contributed by atoms with van der Waals surface area (Å²) in [6.45, 7) is 1.48. The van der Waals surface area contributed by atoms with Gasteiger partial charge in [-0.05, 0) is 49.4 Å². The average molecular weight is 422 g/mol. The van der Waals surface area contributed by atoms with E-state index in [2.05, 4.69) is 5.32 Å². The van der Waals surface area contributed by atoms with Gasteiger partial charge in [0.25, 0.3) is 0 Å². The van der Waals surface area contributed by atoms with E-state index in [0.29, 0.717) is 26.4 Å². The average Bonchev–Trinajstić information content (AvgIpc) is 2.51. The largest absolute Gasteiger partial charge is 0.323 e. The molecule has 0 heterocycles. The molecule has 0 aliphatic rings. The first-order chi connectivity index (χ1) is 11.6. The summed E-state index contributed by atoms with van der Waals surface area (Å²) in [5.74, 6) is -0.551. The van der Waals surface area contributed by atoms with Crippen molar-refractivity contribution in [3.63, 3.8) is 0 Å². The van der Waals surface area contributed by atoms with Gasteiger partial charge in [-0.1, -0.05) is 34.8 Å². The quantitative estimate of drug-likeness (QED) is 0.776. The summed E-state index contributed by atoms with van der Waals surface area (Å²) in [5.41, 5.74) is 0.627. The minimum absolute atomic E-state index is 0.294. The van der Waals surface area contributed by atoms with E-state index in [1.54, 1.807) is 18.2 Å². The Morgan fingerprint density at radius 2 is 1.60 bits per heavy atom. The van der Waals surface area contributed by atoms with E-state index in [0.717, 1.165) is 10.6 Å². The van der Waals surface area contributed by atoms with Gasteiger partial charge in [0, 0.05) is 10.0 Å². The lowest BCUT2D eigenvalue weighted by molar-refractivity contribution is -0.116. The lowest BCUT2D eigenvalue weighted by Crippen LogP contribution is -2.45. The van der Waals surface area contributed by atoms with Gasteiger partial charge in [-0.3, -0.25) is 9.10 Å². The van der Waals surface area contributed by atoms with Gasteiger partial charge in [0.05, 0.1) is 22.7 Å². The zero-order valence-corrected chi connectivity index (χ0v) is 16.4. The summed E-state index contributed by atoms with van der Waals surface area (Å²) in [7, 11) is -3.72.